The molecule has 0 saturated carbocycles. The average Bonchev–Trinajstić information content (AvgIpc) is 2.78. The maximum atomic E-state index is 12.3. The van der Waals surface area contributed by atoms with Crippen LogP contribution in [0.5, 0.6) is 0 Å². The number of ether oxygens (including phenoxy) is 1. The highest BCUT2D eigenvalue weighted by Crippen LogP contribution is 2.37. The number of aryl methyl sites for hydroxylation is 1. The first-order chi connectivity index (χ1) is 10.0. The van der Waals surface area contributed by atoms with Crippen molar-refractivity contribution < 1.29 is 19.4 Å². The molecule has 1 amide bonds. The summed E-state index contributed by atoms with van der Waals surface area (Å²) in [6.07, 6.45) is 1.47. The Morgan fingerprint density at radius 1 is 1.62 bits per heavy atom. The van der Waals surface area contributed by atoms with Crippen LogP contribution in [0.3, 0.4) is 0 Å². The number of likely N-dealkylation sites (tertiary alicyclic amines) is 1. The summed E-state index contributed by atoms with van der Waals surface area (Å²) in [5, 5.41) is 12.1. The number of hydrogen-bond donors (Lipinski definition) is 1. The molecule has 1 fully saturated rings. The van der Waals surface area contributed by atoms with E-state index >= 15 is 0 Å². The van der Waals surface area contributed by atoms with Gasteiger partial charge in [0.1, 0.15) is 5.01 Å². The van der Waals surface area contributed by atoms with E-state index in [1.54, 1.807) is 12.0 Å². The lowest BCUT2D eigenvalue weighted by molar-refractivity contribution is -0.146. The van der Waals surface area contributed by atoms with E-state index in [1.807, 2.05) is 12.3 Å². The van der Waals surface area contributed by atoms with Crippen molar-refractivity contribution in [2.24, 2.45) is 5.92 Å². The van der Waals surface area contributed by atoms with Gasteiger partial charge in [0, 0.05) is 31.1 Å². The second-order valence-electron chi connectivity index (χ2n) is 5.19. The number of rotatable bonds is 5. The van der Waals surface area contributed by atoms with E-state index in [-0.39, 0.29) is 5.91 Å². The van der Waals surface area contributed by atoms with Crippen LogP contribution in [0.2, 0.25) is 0 Å². The van der Waals surface area contributed by atoms with E-state index in [0.717, 1.165) is 5.69 Å². The smallest absolute Gasteiger partial charge is 0.309 e. The van der Waals surface area contributed by atoms with E-state index in [4.69, 9.17) is 4.74 Å². The first-order valence-electron chi connectivity index (χ1n) is 6.98. The molecular formula is C14H20N2O4S. The molecule has 21 heavy (non-hydrogen) atoms. The molecule has 2 atom stereocenters. The minimum Gasteiger partial charge on any atom is -0.481 e. The standard InChI is InChI=1S/C14H20N2O4S/c1-9-8-21-13(15-9)12-10(14(18)19)4-3-5-11(17)16(12)6-7-20-2/h8,10,12H,3-7H2,1-2H3,(H,18,19). The van der Waals surface area contributed by atoms with E-state index in [1.165, 1.54) is 11.3 Å². The normalized spacial score (nSPS) is 23.1. The van der Waals surface area contributed by atoms with Crippen LogP contribution in [0.15, 0.2) is 5.38 Å². The summed E-state index contributed by atoms with van der Waals surface area (Å²) in [6, 6.07) is -0.494. The van der Waals surface area contributed by atoms with Gasteiger partial charge in [-0.15, -0.1) is 11.3 Å². The fourth-order valence-corrected chi connectivity index (χ4v) is 3.64. The maximum Gasteiger partial charge on any atom is 0.309 e. The zero-order chi connectivity index (χ0) is 15.4. The number of amides is 1. The molecule has 2 rings (SSSR count). The quantitative estimate of drug-likeness (QED) is 0.897. The van der Waals surface area contributed by atoms with Crippen molar-refractivity contribution in [1.29, 1.82) is 0 Å². The highest BCUT2D eigenvalue weighted by atomic mass is 32.1. The predicted molar refractivity (Wildman–Crippen MR) is 78.2 cm³/mol. The summed E-state index contributed by atoms with van der Waals surface area (Å²) in [6.45, 7) is 2.65. The van der Waals surface area contributed by atoms with Crippen LogP contribution in [-0.2, 0) is 14.3 Å². The highest BCUT2D eigenvalue weighted by molar-refractivity contribution is 7.09. The van der Waals surface area contributed by atoms with Crippen LogP contribution in [0, 0.1) is 12.8 Å². The van der Waals surface area contributed by atoms with Gasteiger partial charge in [0.05, 0.1) is 18.6 Å². The van der Waals surface area contributed by atoms with Crippen molar-refractivity contribution in [3.8, 4) is 0 Å². The molecule has 116 valence electrons. The molecule has 0 bridgehead atoms. The van der Waals surface area contributed by atoms with Gasteiger partial charge < -0.3 is 14.7 Å². The second-order valence-corrected chi connectivity index (χ2v) is 6.08. The summed E-state index contributed by atoms with van der Waals surface area (Å²) in [5.41, 5.74) is 0.850. The van der Waals surface area contributed by atoms with Gasteiger partial charge in [0.2, 0.25) is 5.91 Å². The number of hydrogen-bond acceptors (Lipinski definition) is 5. The molecule has 6 nitrogen and oxygen atoms in total. The molecule has 0 aromatic carbocycles. The molecule has 0 spiro atoms. The van der Waals surface area contributed by atoms with Crippen molar-refractivity contribution in [3.63, 3.8) is 0 Å². The summed E-state index contributed by atoms with van der Waals surface area (Å²) in [4.78, 5) is 30.0. The lowest BCUT2D eigenvalue weighted by Crippen LogP contribution is -2.40. The molecule has 1 aromatic rings. The van der Waals surface area contributed by atoms with Gasteiger partial charge in [-0.25, -0.2) is 4.98 Å². The molecular weight excluding hydrogens is 292 g/mol. The Balaban J connectivity index is 2.38. The van der Waals surface area contributed by atoms with E-state index in [0.29, 0.717) is 37.4 Å². The van der Waals surface area contributed by atoms with Crippen molar-refractivity contribution in [3.05, 3.63) is 16.1 Å². The Bertz CT molecular complexity index is 517. The minimum atomic E-state index is -0.870. The van der Waals surface area contributed by atoms with Gasteiger partial charge in [0.15, 0.2) is 0 Å². The van der Waals surface area contributed by atoms with Crippen molar-refractivity contribution in [2.45, 2.75) is 32.2 Å². The van der Waals surface area contributed by atoms with Gasteiger partial charge in [-0.05, 0) is 19.8 Å². The van der Waals surface area contributed by atoms with Crippen LogP contribution in [0.4, 0.5) is 0 Å². The number of nitrogens with zero attached hydrogens (tertiary/aromatic N) is 2. The summed E-state index contributed by atoms with van der Waals surface area (Å²) >= 11 is 1.42. The molecule has 7 heteroatoms. The Morgan fingerprint density at radius 2 is 2.38 bits per heavy atom. The fraction of sp³-hybridized carbons (Fsp3) is 0.643. The van der Waals surface area contributed by atoms with Gasteiger partial charge in [0.25, 0.3) is 0 Å². The number of carboxylic acids is 1. The highest BCUT2D eigenvalue weighted by Gasteiger charge is 2.40. The molecule has 1 aliphatic heterocycles. The van der Waals surface area contributed by atoms with Crippen LogP contribution < -0.4 is 0 Å². The lowest BCUT2D eigenvalue weighted by Gasteiger charge is -2.31. The Hall–Kier alpha value is -1.47. The van der Waals surface area contributed by atoms with E-state index in [2.05, 4.69) is 4.98 Å². The molecule has 1 aromatic heterocycles. The topological polar surface area (TPSA) is 79.7 Å². The molecule has 0 radical (unpaired) electrons. The first-order valence-corrected chi connectivity index (χ1v) is 7.85. The molecule has 1 aliphatic rings. The zero-order valence-electron chi connectivity index (χ0n) is 12.2. The van der Waals surface area contributed by atoms with Crippen molar-refractivity contribution in [2.75, 3.05) is 20.3 Å². The third-order valence-electron chi connectivity index (χ3n) is 3.69. The molecule has 2 unspecified atom stereocenters. The lowest BCUT2D eigenvalue weighted by atomic mass is 9.95. The zero-order valence-corrected chi connectivity index (χ0v) is 13.1. The van der Waals surface area contributed by atoms with E-state index < -0.39 is 17.9 Å². The van der Waals surface area contributed by atoms with Crippen molar-refractivity contribution >= 4 is 23.2 Å². The van der Waals surface area contributed by atoms with Crippen LogP contribution >= 0.6 is 11.3 Å². The predicted octanol–water partition coefficient (Wildman–Crippen LogP) is 1.85. The number of aromatic nitrogens is 1. The third-order valence-corrected chi connectivity index (χ3v) is 4.72. The summed E-state index contributed by atoms with van der Waals surface area (Å²) in [5.74, 6) is -1.50. The number of carboxylic acid groups (broad SMARTS) is 1. The third kappa shape index (κ3) is 3.59. The van der Waals surface area contributed by atoms with Gasteiger partial charge >= 0.3 is 5.97 Å². The summed E-state index contributed by atoms with van der Waals surface area (Å²) in [7, 11) is 1.57. The first kappa shape index (κ1) is 15.9. The largest absolute Gasteiger partial charge is 0.481 e. The second kappa shape index (κ2) is 7.00. The fourth-order valence-electron chi connectivity index (χ4n) is 2.67. The number of carbonyl (C=O) groups is 2. The minimum absolute atomic E-state index is 0.0198. The maximum absolute atomic E-state index is 12.3. The Labute approximate surface area is 127 Å². The molecule has 1 N–H and O–H groups in total. The van der Waals surface area contributed by atoms with Crippen LogP contribution in [0.1, 0.15) is 36.0 Å². The van der Waals surface area contributed by atoms with Gasteiger partial charge in [-0.3, -0.25) is 9.59 Å². The van der Waals surface area contributed by atoms with Gasteiger partial charge in [-0.1, -0.05) is 0 Å². The molecule has 0 aliphatic carbocycles. The number of thiazole rings is 1. The van der Waals surface area contributed by atoms with Crippen molar-refractivity contribution in [1.82, 2.24) is 9.88 Å². The van der Waals surface area contributed by atoms with Crippen LogP contribution in [0.25, 0.3) is 0 Å². The van der Waals surface area contributed by atoms with E-state index in [9.17, 15) is 14.7 Å². The van der Waals surface area contributed by atoms with Gasteiger partial charge in [-0.2, -0.15) is 0 Å². The summed E-state index contributed by atoms with van der Waals surface area (Å²) < 4.78 is 5.06. The Kier molecular flexibility index (Phi) is 5.30. The monoisotopic (exact) mass is 312 g/mol. The number of methoxy groups -OCH3 is 1. The molecule has 1 saturated heterocycles. The number of carbonyl (C=O) groups excluding carboxylic acids is 1. The average molecular weight is 312 g/mol. The SMILES string of the molecule is COCCN1C(=O)CCCC(C(=O)O)C1c1nc(C)cs1. The van der Waals surface area contributed by atoms with Crippen LogP contribution in [-0.4, -0.2) is 47.1 Å². The Morgan fingerprint density at radius 3 is 2.95 bits per heavy atom. The molecule has 2 heterocycles. The number of aliphatic carboxylic acids is 1.